The van der Waals surface area contributed by atoms with Crippen LogP contribution in [0.1, 0.15) is 107 Å². The van der Waals surface area contributed by atoms with Crippen molar-refractivity contribution in [3.63, 3.8) is 0 Å². The van der Waals surface area contributed by atoms with Crippen LogP contribution in [0.4, 0.5) is 0 Å². The monoisotopic (exact) mass is 478 g/mol. The SMILES string of the molecule is CCCCCCCCc1ccc2c(c1)sc1sc3cc(C(=O)CCCCCCC)ccc3c12. The molecule has 0 radical (unpaired) electrons. The molecule has 0 aliphatic carbocycles. The molecule has 0 bridgehead atoms. The summed E-state index contributed by atoms with van der Waals surface area (Å²) in [5, 5.41) is 4.08. The van der Waals surface area contributed by atoms with Crippen LogP contribution in [0.2, 0.25) is 0 Å². The molecule has 0 saturated carbocycles. The Bertz CT molecular complexity index is 1200. The molecule has 4 rings (SSSR count). The molecule has 0 atom stereocenters. The average Bonchev–Trinajstić information content (AvgIpc) is 3.35. The first-order valence-electron chi connectivity index (χ1n) is 13.1. The van der Waals surface area contributed by atoms with Gasteiger partial charge in [-0.3, -0.25) is 4.79 Å². The van der Waals surface area contributed by atoms with Crippen molar-refractivity contribution in [3.8, 4) is 0 Å². The molecule has 4 aromatic rings. The van der Waals surface area contributed by atoms with Crippen LogP contribution in [0.3, 0.4) is 0 Å². The van der Waals surface area contributed by atoms with E-state index in [1.54, 1.807) is 0 Å². The Morgan fingerprint density at radius 3 is 2.03 bits per heavy atom. The largest absolute Gasteiger partial charge is 0.294 e. The molecule has 0 fully saturated rings. The number of Topliss-reactive ketones (excluding diaryl/α,β-unsaturated/α-hetero) is 1. The van der Waals surface area contributed by atoms with E-state index in [0.29, 0.717) is 12.2 Å². The maximum absolute atomic E-state index is 12.7. The molecule has 0 N–H and O–H groups in total. The predicted molar refractivity (Wildman–Crippen MR) is 150 cm³/mol. The highest BCUT2D eigenvalue weighted by Gasteiger charge is 2.15. The number of rotatable bonds is 14. The van der Waals surface area contributed by atoms with E-state index in [1.165, 1.54) is 106 Å². The molecule has 176 valence electrons. The number of carbonyl (C=O) groups is 1. The third-order valence-electron chi connectivity index (χ3n) is 6.82. The van der Waals surface area contributed by atoms with Gasteiger partial charge in [0.25, 0.3) is 0 Å². The molecule has 33 heavy (non-hydrogen) atoms. The van der Waals surface area contributed by atoms with Crippen LogP contribution >= 0.6 is 22.7 Å². The maximum atomic E-state index is 12.7. The highest BCUT2D eigenvalue weighted by Crippen LogP contribution is 2.44. The summed E-state index contributed by atoms with van der Waals surface area (Å²) in [4.78, 5) is 12.7. The lowest BCUT2D eigenvalue weighted by atomic mass is 10.0. The minimum Gasteiger partial charge on any atom is -0.294 e. The Labute approximate surface area is 207 Å². The molecule has 0 spiro atoms. The van der Waals surface area contributed by atoms with Crippen molar-refractivity contribution in [1.82, 2.24) is 0 Å². The number of fused-ring (bicyclic) bond motifs is 5. The second-order valence-electron chi connectivity index (χ2n) is 9.51. The third-order valence-corrected chi connectivity index (χ3v) is 9.22. The Morgan fingerprint density at radius 1 is 0.697 bits per heavy atom. The molecule has 1 nitrogen and oxygen atoms in total. The van der Waals surface area contributed by atoms with Crippen LogP contribution in [-0.2, 0) is 6.42 Å². The number of aryl methyl sites for hydroxylation is 1. The van der Waals surface area contributed by atoms with Crippen LogP contribution in [0.25, 0.3) is 29.6 Å². The van der Waals surface area contributed by atoms with Crippen molar-refractivity contribution >= 4 is 58.0 Å². The molecule has 0 amide bonds. The number of benzene rings is 2. The van der Waals surface area contributed by atoms with E-state index in [9.17, 15) is 4.79 Å². The molecule has 3 heteroatoms. The van der Waals surface area contributed by atoms with Crippen LogP contribution in [-0.4, -0.2) is 5.78 Å². The van der Waals surface area contributed by atoms with Crippen molar-refractivity contribution in [2.24, 2.45) is 0 Å². The van der Waals surface area contributed by atoms with Gasteiger partial charge in [0.2, 0.25) is 0 Å². The second-order valence-corrected chi connectivity index (χ2v) is 11.9. The highest BCUT2D eigenvalue weighted by molar-refractivity contribution is 7.44. The van der Waals surface area contributed by atoms with Crippen LogP contribution < -0.4 is 0 Å². The zero-order valence-corrected chi connectivity index (χ0v) is 22.0. The van der Waals surface area contributed by atoms with Gasteiger partial charge in [0.05, 0.1) is 4.01 Å². The fourth-order valence-corrected chi connectivity index (χ4v) is 7.54. The van der Waals surface area contributed by atoms with Gasteiger partial charge in [-0.2, -0.15) is 0 Å². The molecular formula is C30H38OS2. The van der Waals surface area contributed by atoms with E-state index in [2.05, 4.69) is 50.2 Å². The normalized spacial score (nSPS) is 11.8. The van der Waals surface area contributed by atoms with E-state index in [4.69, 9.17) is 0 Å². The summed E-state index contributed by atoms with van der Waals surface area (Å²) in [5.41, 5.74) is 2.36. The molecule has 2 aromatic heterocycles. The van der Waals surface area contributed by atoms with E-state index in [0.717, 1.165) is 12.0 Å². The van der Waals surface area contributed by atoms with Crippen molar-refractivity contribution in [2.75, 3.05) is 0 Å². The van der Waals surface area contributed by atoms with Crippen LogP contribution in [0, 0.1) is 0 Å². The Kier molecular flexibility index (Phi) is 8.97. The summed E-state index contributed by atoms with van der Waals surface area (Å²) >= 11 is 3.78. The number of carbonyl (C=O) groups excluding carboxylic acids is 1. The molecular weight excluding hydrogens is 440 g/mol. The van der Waals surface area contributed by atoms with Gasteiger partial charge in [-0.15, -0.1) is 22.7 Å². The summed E-state index contributed by atoms with van der Waals surface area (Å²) < 4.78 is 4.06. The number of hydrogen-bond acceptors (Lipinski definition) is 3. The smallest absolute Gasteiger partial charge is 0.162 e. The van der Waals surface area contributed by atoms with Crippen LogP contribution in [0.15, 0.2) is 36.4 Å². The molecule has 0 saturated heterocycles. The Morgan fingerprint density at radius 2 is 1.30 bits per heavy atom. The summed E-state index contributed by atoms with van der Waals surface area (Å²) in [5.74, 6) is 0.300. The van der Waals surface area contributed by atoms with E-state index < -0.39 is 0 Å². The second kappa shape index (κ2) is 12.1. The number of ketones is 1. The first-order chi connectivity index (χ1) is 16.2. The summed E-state index contributed by atoms with van der Waals surface area (Å²) in [7, 11) is 0. The lowest BCUT2D eigenvalue weighted by molar-refractivity contribution is 0.0979. The van der Waals surface area contributed by atoms with Gasteiger partial charge in [0, 0.05) is 37.5 Å². The summed E-state index contributed by atoms with van der Waals surface area (Å²) in [6.45, 7) is 4.50. The molecule has 0 aliphatic heterocycles. The standard InChI is InChI=1S/C30H38OS2/c1-3-5-7-9-11-12-14-22-16-18-24-27(20-22)32-30-29(24)25-19-17-23(21-28(25)33-30)26(31)15-13-10-8-6-4-2/h16-21H,3-15H2,1-2H3. The number of hydrogen-bond donors (Lipinski definition) is 0. The number of thiophene rings is 2. The fraction of sp³-hybridized carbons (Fsp3) is 0.500. The van der Waals surface area contributed by atoms with Gasteiger partial charge in [-0.05, 0) is 37.0 Å². The Balaban J connectivity index is 1.45. The van der Waals surface area contributed by atoms with Crippen molar-refractivity contribution in [2.45, 2.75) is 97.3 Å². The summed E-state index contributed by atoms with van der Waals surface area (Å²) in [6, 6.07) is 13.5. The van der Waals surface area contributed by atoms with Gasteiger partial charge in [0.15, 0.2) is 5.78 Å². The Hall–Kier alpha value is -1.71. The summed E-state index contributed by atoms with van der Waals surface area (Å²) in [6.07, 6.45) is 15.9. The van der Waals surface area contributed by atoms with E-state index in [1.807, 2.05) is 22.7 Å². The minimum atomic E-state index is 0.300. The molecule has 0 unspecified atom stereocenters. The first-order valence-corrected chi connectivity index (χ1v) is 14.8. The van der Waals surface area contributed by atoms with Crippen molar-refractivity contribution in [3.05, 3.63) is 47.5 Å². The number of unbranched alkanes of at least 4 members (excludes halogenated alkanes) is 9. The van der Waals surface area contributed by atoms with Gasteiger partial charge < -0.3 is 0 Å². The predicted octanol–water partition coefficient (Wildman–Crippen LogP) is 10.7. The first kappa shape index (κ1) is 24.4. The zero-order chi connectivity index (χ0) is 23.0. The topological polar surface area (TPSA) is 17.1 Å². The third kappa shape index (κ3) is 6.05. The minimum absolute atomic E-state index is 0.300. The van der Waals surface area contributed by atoms with E-state index in [-0.39, 0.29) is 0 Å². The van der Waals surface area contributed by atoms with Crippen LogP contribution in [0.5, 0.6) is 0 Å². The molecule has 0 aliphatic rings. The van der Waals surface area contributed by atoms with Crippen molar-refractivity contribution < 1.29 is 4.79 Å². The average molecular weight is 479 g/mol. The molecule has 2 aromatic carbocycles. The van der Waals surface area contributed by atoms with Gasteiger partial charge >= 0.3 is 0 Å². The molecule has 2 heterocycles. The van der Waals surface area contributed by atoms with Gasteiger partial charge in [-0.25, -0.2) is 0 Å². The van der Waals surface area contributed by atoms with Gasteiger partial charge in [-0.1, -0.05) is 95.9 Å². The lowest BCUT2D eigenvalue weighted by Gasteiger charge is -2.03. The van der Waals surface area contributed by atoms with Gasteiger partial charge in [0.1, 0.15) is 0 Å². The highest BCUT2D eigenvalue weighted by atomic mass is 32.2. The fourth-order valence-electron chi connectivity index (χ4n) is 4.83. The van der Waals surface area contributed by atoms with E-state index >= 15 is 0 Å². The van der Waals surface area contributed by atoms with Crippen molar-refractivity contribution in [1.29, 1.82) is 0 Å². The quantitative estimate of drug-likeness (QED) is 0.130. The maximum Gasteiger partial charge on any atom is 0.162 e. The zero-order valence-electron chi connectivity index (χ0n) is 20.4. The lowest BCUT2D eigenvalue weighted by Crippen LogP contribution is -1.98.